The van der Waals surface area contributed by atoms with E-state index in [1.165, 1.54) is 11.3 Å². The van der Waals surface area contributed by atoms with Crippen molar-refractivity contribution in [2.45, 2.75) is 38.6 Å². The zero-order valence-electron chi connectivity index (χ0n) is 10.9. The van der Waals surface area contributed by atoms with Gasteiger partial charge in [0, 0.05) is 18.3 Å². The number of carboxylic acids is 1. The SMILES string of the molecule is CCCN1C(=O)CCCC(C(=O)O)C1c1cscn1. The molecule has 5 nitrogen and oxygen atoms in total. The third-order valence-corrected chi connectivity index (χ3v) is 4.08. The van der Waals surface area contributed by atoms with E-state index in [2.05, 4.69) is 4.98 Å². The summed E-state index contributed by atoms with van der Waals surface area (Å²) < 4.78 is 0. The van der Waals surface area contributed by atoms with Crippen LogP contribution < -0.4 is 0 Å². The Balaban J connectivity index is 2.39. The van der Waals surface area contributed by atoms with Crippen molar-refractivity contribution < 1.29 is 14.7 Å². The summed E-state index contributed by atoms with van der Waals surface area (Å²) in [6.45, 7) is 2.58. The van der Waals surface area contributed by atoms with Crippen LogP contribution in [0.15, 0.2) is 10.9 Å². The normalized spacial score (nSPS) is 24.3. The molecule has 0 bridgehead atoms. The van der Waals surface area contributed by atoms with Gasteiger partial charge in [0.1, 0.15) is 0 Å². The molecule has 1 fully saturated rings. The minimum absolute atomic E-state index is 0.0450. The number of carbonyl (C=O) groups is 2. The molecule has 0 aromatic carbocycles. The van der Waals surface area contributed by atoms with E-state index in [4.69, 9.17) is 0 Å². The second kappa shape index (κ2) is 6.14. The van der Waals surface area contributed by atoms with Crippen molar-refractivity contribution >= 4 is 23.2 Å². The number of rotatable bonds is 4. The van der Waals surface area contributed by atoms with E-state index in [0.717, 1.165) is 6.42 Å². The topological polar surface area (TPSA) is 70.5 Å². The van der Waals surface area contributed by atoms with E-state index in [-0.39, 0.29) is 5.91 Å². The predicted molar refractivity (Wildman–Crippen MR) is 71.8 cm³/mol. The van der Waals surface area contributed by atoms with Gasteiger partial charge in [-0.2, -0.15) is 0 Å². The quantitative estimate of drug-likeness (QED) is 0.920. The first-order valence-corrected chi connectivity index (χ1v) is 7.49. The summed E-state index contributed by atoms with van der Waals surface area (Å²) in [6.07, 6.45) is 2.42. The monoisotopic (exact) mass is 282 g/mol. The molecule has 1 aromatic rings. The zero-order valence-corrected chi connectivity index (χ0v) is 11.7. The predicted octanol–water partition coefficient (Wildman–Crippen LogP) is 2.31. The van der Waals surface area contributed by atoms with Crippen molar-refractivity contribution in [2.24, 2.45) is 5.92 Å². The van der Waals surface area contributed by atoms with E-state index in [1.807, 2.05) is 12.3 Å². The van der Waals surface area contributed by atoms with E-state index in [9.17, 15) is 14.7 Å². The summed E-state index contributed by atoms with van der Waals surface area (Å²) >= 11 is 1.43. The maximum absolute atomic E-state index is 12.2. The lowest BCUT2D eigenvalue weighted by Gasteiger charge is -2.32. The summed E-state index contributed by atoms with van der Waals surface area (Å²) in [5.74, 6) is -1.35. The van der Waals surface area contributed by atoms with Crippen LogP contribution in [0.1, 0.15) is 44.3 Å². The second-order valence-electron chi connectivity index (χ2n) is 4.78. The van der Waals surface area contributed by atoms with Crippen LogP contribution in [-0.4, -0.2) is 33.4 Å². The number of carboxylic acid groups (broad SMARTS) is 1. The van der Waals surface area contributed by atoms with Gasteiger partial charge in [0.2, 0.25) is 5.91 Å². The summed E-state index contributed by atoms with van der Waals surface area (Å²) in [7, 11) is 0. The largest absolute Gasteiger partial charge is 0.481 e. The Morgan fingerprint density at radius 1 is 1.63 bits per heavy atom. The van der Waals surface area contributed by atoms with Crippen LogP contribution in [0.5, 0.6) is 0 Å². The molecule has 6 heteroatoms. The molecule has 19 heavy (non-hydrogen) atoms. The third kappa shape index (κ3) is 2.94. The van der Waals surface area contributed by atoms with Gasteiger partial charge in [-0.25, -0.2) is 4.98 Å². The highest BCUT2D eigenvalue weighted by atomic mass is 32.1. The van der Waals surface area contributed by atoms with Gasteiger partial charge < -0.3 is 10.0 Å². The Hall–Kier alpha value is -1.43. The van der Waals surface area contributed by atoms with Gasteiger partial charge in [-0.15, -0.1) is 11.3 Å². The van der Waals surface area contributed by atoms with E-state index >= 15 is 0 Å². The number of likely N-dealkylation sites (tertiary alicyclic amines) is 1. The highest BCUT2D eigenvalue weighted by Crippen LogP contribution is 2.35. The van der Waals surface area contributed by atoms with Crippen LogP contribution in [0.4, 0.5) is 0 Å². The minimum Gasteiger partial charge on any atom is -0.481 e. The molecule has 2 atom stereocenters. The maximum Gasteiger partial charge on any atom is 0.309 e. The van der Waals surface area contributed by atoms with Gasteiger partial charge in [-0.3, -0.25) is 9.59 Å². The number of amides is 1. The van der Waals surface area contributed by atoms with Gasteiger partial charge in [0.05, 0.1) is 23.2 Å². The van der Waals surface area contributed by atoms with Crippen LogP contribution in [0.3, 0.4) is 0 Å². The molecule has 1 aliphatic rings. The fourth-order valence-electron chi connectivity index (χ4n) is 2.64. The molecule has 104 valence electrons. The lowest BCUT2D eigenvalue weighted by atomic mass is 9.92. The number of hydrogen-bond donors (Lipinski definition) is 1. The Morgan fingerprint density at radius 3 is 3.00 bits per heavy atom. The minimum atomic E-state index is -0.839. The number of nitrogens with zero attached hydrogens (tertiary/aromatic N) is 2. The lowest BCUT2D eigenvalue weighted by molar-refractivity contribution is -0.146. The molecule has 1 N–H and O–H groups in total. The number of carbonyl (C=O) groups excluding carboxylic acids is 1. The Morgan fingerprint density at radius 2 is 2.42 bits per heavy atom. The fraction of sp³-hybridized carbons (Fsp3) is 0.615. The van der Waals surface area contributed by atoms with Crippen LogP contribution in [0.25, 0.3) is 0 Å². The van der Waals surface area contributed by atoms with Crippen molar-refractivity contribution in [2.75, 3.05) is 6.54 Å². The lowest BCUT2D eigenvalue weighted by Crippen LogP contribution is -2.39. The average molecular weight is 282 g/mol. The molecule has 2 heterocycles. The highest BCUT2D eigenvalue weighted by Gasteiger charge is 2.39. The zero-order chi connectivity index (χ0) is 13.8. The molecule has 1 saturated heterocycles. The van der Waals surface area contributed by atoms with Gasteiger partial charge in [0.15, 0.2) is 0 Å². The van der Waals surface area contributed by atoms with Crippen molar-refractivity contribution in [3.63, 3.8) is 0 Å². The molecule has 0 radical (unpaired) electrons. The molecule has 1 amide bonds. The summed E-state index contributed by atoms with van der Waals surface area (Å²) in [4.78, 5) is 29.6. The third-order valence-electron chi connectivity index (χ3n) is 3.48. The number of aromatic nitrogens is 1. The van der Waals surface area contributed by atoms with Gasteiger partial charge in [0.25, 0.3) is 0 Å². The van der Waals surface area contributed by atoms with Crippen molar-refractivity contribution in [1.29, 1.82) is 0 Å². The summed E-state index contributed by atoms with van der Waals surface area (Å²) in [5, 5.41) is 11.3. The number of thiazole rings is 1. The van der Waals surface area contributed by atoms with Crippen molar-refractivity contribution in [3.8, 4) is 0 Å². The van der Waals surface area contributed by atoms with E-state index in [0.29, 0.717) is 31.5 Å². The smallest absolute Gasteiger partial charge is 0.309 e. The Bertz CT molecular complexity index is 447. The molecule has 0 aliphatic carbocycles. The molecule has 0 saturated carbocycles. The van der Waals surface area contributed by atoms with Crippen molar-refractivity contribution in [1.82, 2.24) is 9.88 Å². The van der Waals surface area contributed by atoms with Gasteiger partial charge in [-0.1, -0.05) is 6.92 Å². The maximum atomic E-state index is 12.2. The first-order valence-electron chi connectivity index (χ1n) is 6.55. The van der Waals surface area contributed by atoms with E-state index in [1.54, 1.807) is 10.4 Å². The summed E-state index contributed by atoms with van der Waals surface area (Å²) in [5.41, 5.74) is 2.40. The number of aliphatic carboxylic acids is 1. The molecule has 1 aliphatic heterocycles. The van der Waals surface area contributed by atoms with Gasteiger partial charge >= 0.3 is 5.97 Å². The van der Waals surface area contributed by atoms with Crippen molar-refractivity contribution in [3.05, 3.63) is 16.6 Å². The Labute approximate surface area is 116 Å². The number of hydrogen-bond acceptors (Lipinski definition) is 4. The average Bonchev–Trinajstić information content (AvgIpc) is 2.84. The first-order chi connectivity index (χ1) is 9.15. The Kier molecular flexibility index (Phi) is 4.52. The van der Waals surface area contributed by atoms with Crippen LogP contribution >= 0.6 is 11.3 Å². The van der Waals surface area contributed by atoms with Crippen LogP contribution in [0, 0.1) is 5.92 Å². The molecular formula is C13H18N2O3S. The first kappa shape index (κ1) is 14.0. The second-order valence-corrected chi connectivity index (χ2v) is 5.50. The van der Waals surface area contributed by atoms with Crippen LogP contribution in [0.2, 0.25) is 0 Å². The van der Waals surface area contributed by atoms with Gasteiger partial charge in [-0.05, 0) is 19.3 Å². The highest BCUT2D eigenvalue weighted by molar-refractivity contribution is 7.07. The molecular weight excluding hydrogens is 264 g/mol. The fourth-order valence-corrected chi connectivity index (χ4v) is 3.23. The summed E-state index contributed by atoms with van der Waals surface area (Å²) in [6, 6.07) is -0.418. The molecule has 2 unspecified atom stereocenters. The molecule has 2 rings (SSSR count). The van der Waals surface area contributed by atoms with Crippen LogP contribution in [-0.2, 0) is 9.59 Å². The molecule has 1 aromatic heterocycles. The standard InChI is InChI=1S/C13H18N2O3S/c1-2-6-15-11(16)5-3-4-9(13(17)18)12(15)10-7-19-8-14-10/h7-9,12H,2-6H2,1H3,(H,17,18). The molecule has 0 spiro atoms. The van der Waals surface area contributed by atoms with E-state index < -0.39 is 17.9 Å².